The molecule has 0 saturated heterocycles. The van der Waals surface area contributed by atoms with Crippen LogP contribution in [0.2, 0.25) is 0 Å². The number of nitrogens with zero attached hydrogens (tertiary/aromatic N) is 3. The van der Waals surface area contributed by atoms with Gasteiger partial charge < -0.3 is 14.6 Å². The van der Waals surface area contributed by atoms with Crippen LogP contribution in [0.15, 0.2) is 47.1 Å². The summed E-state index contributed by atoms with van der Waals surface area (Å²) in [5, 5.41) is 6.68. The lowest BCUT2D eigenvalue weighted by molar-refractivity contribution is -0.148. The van der Waals surface area contributed by atoms with E-state index in [1.165, 1.54) is 5.56 Å². The molecule has 3 aromatic rings. The molecule has 1 N–H and O–H groups in total. The standard InChI is InChI=1S/C22H24N4O4/c1-14-7-8-17(12-15(14)2)16(3)24-19(27)13-29-21(28)10-9-20-25-22(26-30-20)18-6-4-5-11-23-18/h4-8,11-12,16H,9-10,13H2,1-3H3,(H,24,27). The predicted molar refractivity (Wildman–Crippen MR) is 109 cm³/mol. The maximum absolute atomic E-state index is 12.1. The normalized spacial score (nSPS) is 11.7. The van der Waals surface area contributed by atoms with Crippen LogP contribution in [-0.4, -0.2) is 33.6 Å². The first-order valence-electron chi connectivity index (χ1n) is 9.68. The number of hydrogen-bond acceptors (Lipinski definition) is 7. The summed E-state index contributed by atoms with van der Waals surface area (Å²) in [6, 6.07) is 11.2. The number of ether oxygens (including phenoxy) is 1. The van der Waals surface area contributed by atoms with E-state index in [1.54, 1.807) is 18.3 Å². The fraction of sp³-hybridized carbons (Fsp3) is 0.318. The lowest BCUT2D eigenvalue weighted by Crippen LogP contribution is -2.31. The summed E-state index contributed by atoms with van der Waals surface area (Å²) in [6.07, 6.45) is 1.89. The van der Waals surface area contributed by atoms with E-state index in [4.69, 9.17) is 9.26 Å². The fourth-order valence-corrected chi connectivity index (χ4v) is 2.78. The van der Waals surface area contributed by atoms with Crippen molar-refractivity contribution in [2.75, 3.05) is 6.61 Å². The summed E-state index contributed by atoms with van der Waals surface area (Å²) in [4.78, 5) is 32.4. The van der Waals surface area contributed by atoms with E-state index >= 15 is 0 Å². The monoisotopic (exact) mass is 408 g/mol. The number of rotatable bonds is 8. The summed E-state index contributed by atoms with van der Waals surface area (Å²) in [5.74, 6) is -0.204. The molecule has 2 heterocycles. The number of hydrogen-bond donors (Lipinski definition) is 1. The Balaban J connectivity index is 1.41. The van der Waals surface area contributed by atoms with Gasteiger partial charge in [-0.2, -0.15) is 4.98 Å². The molecule has 0 aliphatic rings. The molecule has 30 heavy (non-hydrogen) atoms. The second-order valence-corrected chi connectivity index (χ2v) is 7.02. The Morgan fingerprint density at radius 3 is 2.73 bits per heavy atom. The third-order valence-corrected chi connectivity index (χ3v) is 4.68. The van der Waals surface area contributed by atoms with E-state index in [9.17, 15) is 9.59 Å². The van der Waals surface area contributed by atoms with E-state index in [0.29, 0.717) is 17.4 Å². The summed E-state index contributed by atoms with van der Waals surface area (Å²) in [7, 11) is 0. The van der Waals surface area contributed by atoms with Crippen LogP contribution < -0.4 is 5.32 Å². The molecule has 0 saturated carbocycles. The molecular formula is C22H24N4O4. The number of esters is 1. The molecule has 1 atom stereocenters. The lowest BCUT2D eigenvalue weighted by Gasteiger charge is -2.15. The van der Waals surface area contributed by atoms with E-state index in [0.717, 1.165) is 11.1 Å². The third-order valence-electron chi connectivity index (χ3n) is 4.68. The van der Waals surface area contributed by atoms with Crippen molar-refractivity contribution in [2.45, 2.75) is 39.7 Å². The van der Waals surface area contributed by atoms with Gasteiger partial charge >= 0.3 is 5.97 Å². The zero-order chi connectivity index (χ0) is 21.5. The average Bonchev–Trinajstić information content (AvgIpc) is 3.22. The van der Waals surface area contributed by atoms with Gasteiger partial charge in [0.15, 0.2) is 6.61 Å². The minimum atomic E-state index is -0.512. The van der Waals surface area contributed by atoms with Crippen molar-refractivity contribution in [3.8, 4) is 11.5 Å². The van der Waals surface area contributed by atoms with Crippen molar-refractivity contribution in [2.24, 2.45) is 0 Å². The Labute approximate surface area is 174 Å². The van der Waals surface area contributed by atoms with Gasteiger partial charge in [-0.1, -0.05) is 29.4 Å². The Hall–Kier alpha value is -3.55. The number of aryl methyl sites for hydroxylation is 3. The molecule has 156 valence electrons. The third kappa shape index (κ3) is 5.73. The Bertz CT molecular complexity index is 1020. The smallest absolute Gasteiger partial charge is 0.306 e. The number of amides is 1. The van der Waals surface area contributed by atoms with Gasteiger partial charge in [0.2, 0.25) is 11.7 Å². The molecule has 2 aromatic heterocycles. The molecular weight excluding hydrogens is 384 g/mol. The number of aromatic nitrogens is 3. The van der Waals surface area contributed by atoms with Crippen LogP contribution in [0, 0.1) is 13.8 Å². The Morgan fingerprint density at radius 2 is 2.00 bits per heavy atom. The zero-order valence-electron chi connectivity index (χ0n) is 17.2. The minimum Gasteiger partial charge on any atom is -0.456 e. The van der Waals surface area contributed by atoms with Crippen LogP contribution in [0.1, 0.15) is 42.0 Å². The highest BCUT2D eigenvalue weighted by Gasteiger charge is 2.15. The maximum atomic E-state index is 12.1. The van der Waals surface area contributed by atoms with Gasteiger partial charge in [0.25, 0.3) is 5.91 Å². The first-order valence-corrected chi connectivity index (χ1v) is 9.68. The van der Waals surface area contributed by atoms with Crippen molar-refractivity contribution in [3.63, 3.8) is 0 Å². The van der Waals surface area contributed by atoms with Crippen LogP contribution in [0.3, 0.4) is 0 Å². The Kier molecular flexibility index (Phi) is 6.90. The quantitative estimate of drug-likeness (QED) is 0.571. The molecule has 0 spiro atoms. The number of carbonyl (C=O) groups is 2. The van der Waals surface area contributed by atoms with Gasteiger partial charge in [-0.05, 0) is 49.6 Å². The zero-order valence-corrected chi connectivity index (χ0v) is 17.2. The van der Waals surface area contributed by atoms with Crippen LogP contribution in [0.5, 0.6) is 0 Å². The van der Waals surface area contributed by atoms with Crippen LogP contribution in [-0.2, 0) is 20.7 Å². The summed E-state index contributed by atoms with van der Waals surface area (Å²) in [6.45, 7) is 5.61. The Morgan fingerprint density at radius 1 is 1.17 bits per heavy atom. The lowest BCUT2D eigenvalue weighted by atomic mass is 10.0. The van der Waals surface area contributed by atoms with Crippen molar-refractivity contribution in [3.05, 3.63) is 65.2 Å². The average molecular weight is 408 g/mol. The first kappa shape index (κ1) is 21.2. The van der Waals surface area contributed by atoms with Crippen molar-refractivity contribution in [1.29, 1.82) is 0 Å². The SMILES string of the molecule is Cc1ccc(C(C)NC(=O)COC(=O)CCc2nc(-c3ccccn3)no2)cc1C. The molecule has 0 aliphatic carbocycles. The molecule has 0 aliphatic heterocycles. The fourth-order valence-electron chi connectivity index (χ4n) is 2.78. The largest absolute Gasteiger partial charge is 0.456 e. The molecule has 3 rings (SSSR count). The van der Waals surface area contributed by atoms with E-state index in [1.807, 2.05) is 45.0 Å². The number of carbonyl (C=O) groups excluding carboxylic acids is 2. The molecule has 8 heteroatoms. The maximum Gasteiger partial charge on any atom is 0.306 e. The molecule has 0 radical (unpaired) electrons. The second-order valence-electron chi connectivity index (χ2n) is 7.02. The summed E-state index contributed by atoms with van der Waals surface area (Å²) >= 11 is 0. The van der Waals surface area contributed by atoms with Crippen molar-refractivity contribution in [1.82, 2.24) is 20.4 Å². The number of nitrogens with one attached hydrogen (secondary N) is 1. The van der Waals surface area contributed by atoms with Crippen molar-refractivity contribution < 1.29 is 18.8 Å². The van der Waals surface area contributed by atoms with Gasteiger partial charge in [-0.15, -0.1) is 0 Å². The summed E-state index contributed by atoms with van der Waals surface area (Å²) in [5.41, 5.74) is 3.94. The predicted octanol–water partition coefficient (Wildman–Crippen LogP) is 3.10. The van der Waals surface area contributed by atoms with E-state index in [-0.39, 0.29) is 31.4 Å². The van der Waals surface area contributed by atoms with Gasteiger partial charge in [0, 0.05) is 12.6 Å². The van der Waals surface area contributed by atoms with Gasteiger partial charge in [-0.25, -0.2) is 0 Å². The molecule has 0 bridgehead atoms. The van der Waals surface area contributed by atoms with Crippen LogP contribution >= 0.6 is 0 Å². The van der Waals surface area contributed by atoms with Crippen molar-refractivity contribution >= 4 is 11.9 Å². The van der Waals surface area contributed by atoms with Gasteiger partial charge in [0.1, 0.15) is 5.69 Å². The highest BCUT2D eigenvalue weighted by atomic mass is 16.5. The molecule has 1 aromatic carbocycles. The van der Waals surface area contributed by atoms with Gasteiger partial charge in [-0.3, -0.25) is 14.6 Å². The highest BCUT2D eigenvalue weighted by molar-refractivity contribution is 5.80. The molecule has 1 unspecified atom stereocenters. The van der Waals surface area contributed by atoms with E-state index < -0.39 is 5.97 Å². The van der Waals surface area contributed by atoms with E-state index in [2.05, 4.69) is 20.4 Å². The highest BCUT2D eigenvalue weighted by Crippen LogP contribution is 2.17. The molecule has 8 nitrogen and oxygen atoms in total. The van der Waals surface area contributed by atoms with Crippen LogP contribution in [0.4, 0.5) is 0 Å². The second kappa shape index (κ2) is 9.78. The number of benzene rings is 1. The van der Waals surface area contributed by atoms with Crippen LogP contribution in [0.25, 0.3) is 11.5 Å². The summed E-state index contributed by atoms with van der Waals surface area (Å²) < 4.78 is 10.2. The molecule has 1 amide bonds. The van der Waals surface area contributed by atoms with Gasteiger partial charge in [0.05, 0.1) is 12.5 Å². The number of pyridine rings is 1. The topological polar surface area (TPSA) is 107 Å². The minimum absolute atomic E-state index is 0.0316. The molecule has 0 fully saturated rings. The first-order chi connectivity index (χ1) is 14.4.